The molecule has 12 heteroatoms. The zero-order valence-electron chi connectivity index (χ0n) is 22.9. The Morgan fingerprint density at radius 1 is 1.14 bits per heavy atom. The van der Waals surface area contributed by atoms with E-state index in [2.05, 4.69) is 25.7 Å². The predicted octanol–water partition coefficient (Wildman–Crippen LogP) is 3.57. The lowest BCUT2D eigenvalue weighted by Gasteiger charge is -2.31. The number of hydrogen-bond acceptors (Lipinski definition) is 9. The largest absolute Gasteiger partial charge is 0.508 e. The average Bonchev–Trinajstić information content (AvgIpc) is 3.78. The number of carbonyl (C=O) groups is 2. The fourth-order valence-electron chi connectivity index (χ4n) is 4.98. The molecule has 1 aliphatic heterocycles. The topological polar surface area (TPSA) is 148 Å². The number of aryl methyl sites for hydroxylation is 1. The van der Waals surface area contributed by atoms with Gasteiger partial charge in [-0.3, -0.25) is 19.5 Å². The number of furan rings is 1. The van der Waals surface area contributed by atoms with Gasteiger partial charge in [0.2, 0.25) is 11.7 Å². The van der Waals surface area contributed by atoms with Gasteiger partial charge in [0, 0.05) is 18.5 Å². The number of rotatable bonds is 9. The molecule has 6 rings (SSSR count). The minimum atomic E-state index is -1.10. The lowest BCUT2D eigenvalue weighted by Crippen LogP contribution is -2.46. The number of nitrogens with one attached hydrogen (secondary N) is 1. The summed E-state index contributed by atoms with van der Waals surface area (Å²) in [4.78, 5) is 35.1. The van der Waals surface area contributed by atoms with Crippen molar-refractivity contribution in [3.63, 3.8) is 0 Å². The van der Waals surface area contributed by atoms with Crippen molar-refractivity contribution in [2.24, 2.45) is 0 Å². The van der Waals surface area contributed by atoms with Crippen molar-refractivity contribution in [2.75, 3.05) is 18.1 Å². The zero-order valence-corrected chi connectivity index (χ0v) is 22.9. The average molecular weight is 568 g/mol. The number of aromatic hydroxyl groups is 1. The van der Waals surface area contributed by atoms with Crippen LogP contribution in [0.2, 0.25) is 0 Å². The molecular weight excluding hydrogens is 538 g/mol. The maximum absolute atomic E-state index is 14.1. The van der Waals surface area contributed by atoms with E-state index in [1.165, 1.54) is 17.0 Å². The predicted molar refractivity (Wildman–Crippen MR) is 152 cm³/mol. The minimum absolute atomic E-state index is 0.0371. The van der Waals surface area contributed by atoms with Crippen molar-refractivity contribution >= 4 is 28.4 Å². The fraction of sp³-hybridized carbons (Fsp3) is 0.267. The molecule has 42 heavy (non-hydrogen) atoms. The van der Waals surface area contributed by atoms with Crippen LogP contribution in [-0.4, -0.2) is 61.4 Å². The maximum atomic E-state index is 14.1. The number of pyridine rings is 1. The Morgan fingerprint density at radius 3 is 2.74 bits per heavy atom. The first kappa shape index (κ1) is 27.1. The van der Waals surface area contributed by atoms with Crippen molar-refractivity contribution in [1.82, 2.24) is 30.5 Å². The molecule has 214 valence electrons. The molecule has 5 aromatic rings. The molecule has 1 fully saturated rings. The zero-order chi connectivity index (χ0) is 29.1. The van der Waals surface area contributed by atoms with Crippen LogP contribution in [0.15, 0.2) is 77.3 Å². The van der Waals surface area contributed by atoms with E-state index in [0.717, 1.165) is 28.5 Å². The Balaban J connectivity index is 1.38. The highest BCUT2D eigenvalue weighted by Gasteiger charge is 2.34. The third-order valence-electron chi connectivity index (χ3n) is 7.06. The van der Waals surface area contributed by atoms with Crippen molar-refractivity contribution in [1.29, 1.82) is 0 Å². The van der Waals surface area contributed by atoms with Gasteiger partial charge in [-0.05, 0) is 66.9 Å². The Morgan fingerprint density at radius 2 is 1.98 bits per heavy atom. The molecule has 0 bridgehead atoms. The van der Waals surface area contributed by atoms with Crippen LogP contribution in [0, 0.1) is 6.92 Å². The number of carbonyl (C=O) groups excluding carboxylic acids is 2. The molecule has 0 unspecified atom stereocenters. The fourth-order valence-corrected chi connectivity index (χ4v) is 4.98. The number of anilines is 1. The van der Waals surface area contributed by atoms with Crippen molar-refractivity contribution in [3.05, 3.63) is 84.3 Å². The highest BCUT2D eigenvalue weighted by atomic mass is 16.5. The molecule has 1 aliphatic rings. The van der Waals surface area contributed by atoms with Gasteiger partial charge in [0.1, 0.15) is 24.1 Å². The molecule has 1 saturated heterocycles. The van der Waals surface area contributed by atoms with Crippen molar-refractivity contribution < 1.29 is 23.8 Å². The van der Waals surface area contributed by atoms with Crippen LogP contribution in [0.5, 0.6) is 5.75 Å². The van der Waals surface area contributed by atoms with E-state index in [4.69, 9.17) is 9.15 Å². The van der Waals surface area contributed by atoms with E-state index in [0.29, 0.717) is 35.9 Å². The van der Waals surface area contributed by atoms with E-state index in [-0.39, 0.29) is 24.2 Å². The first-order valence-corrected chi connectivity index (χ1v) is 13.6. The first-order chi connectivity index (χ1) is 20.4. The number of ether oxygens (including phenoxy) is 1. The number of nitrogens with zero attached hydrogens (tertiary/aromatic N) is 6. The summed E-state index contributed by atoms with van der Waals surface area (Å²) < 4.78 is 11.3. The number of amides is 2. The highest BCUT2D eigenvalue weighted by molar-refractivity contribution is 6.02. The summed E-state index contributed by atoms with van der Waals surface area (Å²) in [6, 6.07) is 17.9. The second kappa shape index (κ2) is 11.8. The summed E-state index contributed by atoms with van der Waals surface area (Å²) in [5.74, 6) is 0.512. The normalized spacial score (nSPS) is 15.5. The van der Waals surface area contributed by atoms with Gasteiger partial charge in [0.25, 0.3) is 5.91 Å². The van der Waals surface area contributed by atoms with Crippen LogP contribution in [-0.2, 0) is 20.9 Å². The highest BCUT2D eigenvalue weighted by Crippen LogP contribution is 2.31. The molecule has 0 aliphatic carbocycles. The van der Waals surface area contributed by atoms with Crippen LogP contribution in [0.3, 0.4) is 0 Å². The Bertz CT molecular complexity index is 1710. The Kier molecular flexibility index (Phi) is 7.60. The second-order valence-corrected chi connectivity index (χ2v) is 10.1. The summed E-state index contributed by atoms with van der Waals surface area (Å²) in [5, 5.41) is 26.1. The van der Waals surface area contributed by atoms with Gasteiger partial charge in [-0.1, -0.05) is 30.3 Å². The molecule has 4 heterocycles. The lowest BCUT2D eigenvalue weighted by atomic mass is 10.0. The van der Waals surface area contributed by atoms with Crippen molar-refractivity contribution in [2.45, 2.75) is 38.5 Å². The molecular formula is C30H29N7O5. The number of para-hydroxylation sites is 1. The molecule has 0 saturated carbocycles. The van der Waals surface area contributed by atoms with Crippen LogP contribution in [0.4, 0.5) is 5.69 Å². The number of hydrogen-bond donors (Lipinski definition) is 2. The van der Waals surface area contributed by atoms with Crippen molar-refractivity contribution in [3.8, 4) is 17.3 Å². The number of benzene rings is 2. The maximum Gasteiger partial charge on any atom is 0.251 e. The smallest absolute Gasteiger partial charge is 0.251 e. The minimum Gasteiger partial charge on any atom is -0.508 e. The molecule has 2 atom stereocenters. The van der Waals surface area contributed by atoms with Crippen LogP contribution in [0.25, 0.3) is 22.5 Å². The standard InChI is InChI=1S/C30H29N7O5/c1-19-8-13-26(42-19)29-33-35-36(34-29)18-27(39)37(22-15-21-5-2-3-7-25(21)31-16-22)28(20-9-11-23(38)12-10-20)30(40)32-17-24-6-4-14-41-24/h2-3,5,7-13,15-16,24,28,38H,4,6,14,17-18H2,1H3,(H,32,40)/t24-,28-/m0/s1. The first-order valence-electron chi connectivity index (χ1n) is 13.6. The van der Waals surface area contributed by atoms with Gasteiger partial charge < -0.3 is 19.6 Å². The van der Waals surface area contributed by atoms with Crippen LogP contribution >= 0.6 is 0 Å². The quantitative estimate of drug-likeness (QED) is 0.273. The van der Waals surface area contributed by atoms with Crippen LogP contribution < -0.4 is 10.2 Å². The van der Waals surface area contributed by atoms with E-state index in [1.54, 1.807) is 37.4 Å². The van der Waals surface area contributed by atoms with E-state index < -0.39 is 17.9 Å². The number of phenolic OH excluding ortho intramolecular Hbond substituents is 1. The van der Waals surface area contributed by atoms with E-state index >= 15 is 0 Å². The summed E-state index contributed by atoms with van der Waals surface area (Å²) in [6.07, 6.45) is 3.24. The molecule has 2 amide bonds. The molecule has 2 aromatic carbocycles. The summed E-state index contributed by atoms with van der Waals surface area (Å²) in [5.41, 5.74) is 1.65. The number of aromatic nitrogens is 5. The van der Waals surface area contributed by atoms with Gasteiger partial charge in [-0.2, -0.15) is 4.80 Å². The molecule has 12 nitrogen and oxygen atoms in total. The summed E-state index contributed by atoms with van der Waals surface area (Å²) in [6.45, 7) is 2.45. The van der Waals surface area contributed by atoms with Gasteiger partial charge in [-0.25, -0.2) is 0 Å². The van der Waals surface area contributed by atoms with Crippen LogP contribution in [0.1, 0.15) is 30.2 Å². The van der Waals surface area contributed by atoms with E-state index in [9.17, 15) is 14.7 Å². The molecule has 0 radical (unpaired) electrons. The van der Waals surface area contributed by atoms with E-state index in [1.807, 2.05) is 30.3 Å². The lowest BCUT2D eigenvalue weighted by molar-refractivity contribution is -0.127. The third-order valence-corrected chi connectivity index (χ3v) is 7.06. The SMILES string of the molecule is Cc1ccc(-c2nnn(CC(=O)N(c3cnc4ccccc4c3)[C@H](C(=O)NC[C@@H]3CCCO3)c3ccc(O)cc3)n2)o1. The van der Waals surface area contributed by atoms with Gasteiger partial charge in [0.05, 0.1) is 23.5 Å². The Hall–Kier alpha value is -5.10. The summed E-state index contributed by atoms with van der Waals surface area (Å²) >= 11 is 0. The number of phenols is 1. The monoisotopic (exact) mass is 567 g/mol. The number of fused-ring (bicyclic) bond motifs is 1. The van der Waals surface area contributed by atoms with Gasteiger partial charge in [0.15, 0.2) is 5.76 Å². The Labute approximate surface area is 240 Å². The van der Waals surface area contributed by atoms with Gasteiger partial charge >= 0.3 is 0 Å². The van der Waals surface area contributed by atoms with Gasteiger partial charge in [-0.15, -0.1) is 10.2 Å². The third kappa shape index (κ3) is 5.84. The molecule has 2 N–H and O–H groups in total. The molecule has 3 aromatic heterocycles. The molecule has 0 spiro atoms. The second-order valence-electron chi connectivity index (χ2n) is 10.1. The number of tetrazole rings is 1. The summed E-state index contributed by atoms with van der Waals surface area (Å²) in [7, 11) is 0.